The van der Waals surface area contributed by atoms with Crippen molar-refractivity contribution in [3.63, 3.8) is 0 Å². The summed E-state index contributed by atoms with van der Waals surface area (Å²) in [5.74, 6) is -0.115. The summed E-state index contributed by atoms with van der Waals surface area (Å²) >= 11 is 6.08. The van der Waals surface area contributed by atoms with Crippen LogP contribution in [0.25, 0.3) is 0 Å². The predicted octanol–water partition coefficient (Wildman–Crippen LogP) is 3.03. The quantitative estimate of drug-likeness (QED) is 0.833. The fourth-order valence-electron chi connectivity index (χ4n) is 1.78. The first kappa shape index (κ1) is 15.0. The van der Waals surface area contributed by atoms with E-state index < -0.39 is 6.04 Å². The van der Waals surface area contributed by atoms with Gasteiger partial charge in [-0.2, -0.15) is 0 Å². The van der Waals surface area contributed by atoms with Crippen molar-refractivity contribution in [2.45, 2.75) is 45.2 Å². The second-order valence-corrected chi connectivity index (χ2v) is 4.91. The van der Waals surface area contributed by atoms with Gasteiger partial charge in [0.25, 0.3) is 0 Å². The van der Waals surface area contributed by atoms with Gasteiger partial charge in [0.05, 0.1) is 12.1 Å². The van der Waals surface area contributed by atoms with Crippen LogP contribution in [0.4, 0.5) is 0 Å². The van der Waals surface area contributed by atoms with Crippen molar-refractivity contribution in [2.24, 2.45) is 5.73 Å². The highest BCUT2D eigenvalue weighted by atomic mass is 35.5. The number of hydrogen-bond donors (Lipinski definition) is 2. The standard InChI is InChI=1S/C14H21ClN2O/c1-3-4-9-13(16)14(18)17-10(2)11-7-5-6-8-12(11)15/h5-8,10,13H,3-4,9,16H2,1-2H3,(H,17,18)/t10?,13-/m0/s1. The number of benzene rings is 1. The van der Waals surface area contributed by atoms with Gasteiger partial charge in [-0.1, -0.05) is 49.6 Å². The fraction of sp³-hybridized carbons (Fsp3) is 0.500. The highest BCUT2D eigenvalue weighted by molar-refractivity contribution is 6.31. The molecule has 3 nitrogen and oxygen atoms in total. The Labute approximate surface area is 114 Å². The average molecular weight is 269 g/mol. The lowest BCUT2D eigenvalue weighted by Gasteiger charge is -2.18. The number of carbonyl (C=O) groups excluding carboxylic acids is 1. The summed E-state index contributed by atoms with van der Waals surface area (Å²) in [7, 11) is 0. The summed E-state index contributed by atoms with van der Waals surface area (Å²) in [6.07, 6.45) is 2.73. The third kappa shape index (κ3) is 4.31. The molecule has 2 atom stereocenters. The van der Waals surface area contributed by atoms with E-state index in [1.54, 1.807) is 0 Å². The lowest BCUT2D eigenvalue weighted by atomic mass is 10.1. The molecule has 1 amide bonds. The zero-order chi connectivity index (χ0) is 13.5. The zero-order valence-electron chi connectivity index (χ0n) is 10.9. The molecule has 0 aliphatic heterocycles. The second-order valence-electron chi connectivity index (χ2n) is 4.50. The van der Waals surface area contributed by atoms with Crippen LogP contribution in [0.5, 0.6) is 0 Å². The van der Waals surface area contributed by atoms with Crippen LogP contribution in [-0.2, 0) is 4.79 Å². The zero-order valence-corrected chi connectivity index (χ0v) is 11.7. The molecule has 0 aliphatic rings. The Bertz CT molecular complexity index is 395. The highest BCUT2D eigenvalue weighted by Crippen LogP contribution is 2.22. The third-order valence-electron chi connectivity index (χ3n) is 2.94. The smallest absolute Gasteiger partial charge is 0.237 e. The van der Waals surface area contributed by atoms with Gasteiger partial charge in [0, 0.05) is 5.02 Å². The number of rotatable bonds is 6. The highest BCUT2D eigenvalue weighted by Gasteiger charge is 2.17. The first-order chi connectivity index (χ1) is 8.56. The second kappa shape index (κ2) is 7.39. The molecule has 0 aliphatic carbocycles. The van der Waals surface area contributed by atoms with E-state index in [-0.39, 0.29) is 11.9 Å². The van der Waals surface area contributed by atoms with Crippen LogP contribution in [0.15, 0.2) is 24.3 Å². The minimum absolute atomic E-state index is 0.115. The molecule has 0 radical (unpaired) electrons. The van der Waals surface area contributed by atoms with Gasteiger partial charge >= 0.3 is 0 Å². The van der Waals surface area contributed by atoms with E-state index in [1.807, 2.05) is 31.2 Å². The number of amides is 1. The molecule has 0 saturated heterocycles. The summed E-state index contributed by atoms with van der Waals surface area (Å²) in [6, 6.07) is 6.93. The molecular weight excluding hydrogens is 248 g/mol. The lowest BCUT2D eigenvalue weighted by molar-refractivity contribution is -0.123. The fourth-order valence-corrected chi connectivity index (χ4v) is 2.08. The van der Waals surface area contributed by atoms with Gasteiger partial charge in [-0.25, -0.2) is 0 Å². The Morgan fingerprint density at radius 2 is 2.11 bits per heavy atom. The van der Waals surface area contributed by atoms with Crippen molar-refractivity contribution in [1.29, 1.82) is 0 Å². The van der Waals surface area contributed by atoms with E-state index in [0.29, 0.717) is 5.02 Å². The molecule has 0 spiro atoms. The summed E-state index contributed by atoms with van der Waals surface area (Å²) < 4.78 is 0. The summed E-state index contributed by atoms with van der Waals surface area (Å²) in [5.41, 5.74) is 6.73. The molecule has 0 heterocycles. The summed E-state index contributed by atoms with van der Waals surface area (Å²) in [6.45, 7) is 3.99. The van der Waals surface area contributed by atoms with Gasteiger partial charge in [-0.3, -0.25) is 4.79 Å². The van der Waals surface area contributed by atoms with Crippen LogP contribution in [0.1, 0.15) is 44.7 Å². The SMILES string of the molecule is CCCC[C@H](N)C(=O)NC(C)c1ccccc1Cl. The largest absolute Gasteiger partial charge is 0.348 e. The van der Waals surface area contributed by atoms with Crippen molar-refractivity contribution >= 4 is 17.5 Å². The molecule has 18 heavy (non-hydrogen) atoms. The van der Waals surface area contributed by atoms with E-state index in [1.165, 1.54) is 0 Å². The average Bonchev–Trinajstić information content (AvgIpc) is 2.36. The molecule has 0 saturated carbocycles. The van der Waals surface area contributed by atoms with E-state index in [0.717, 1.165) is 24.8 Å². The van der Waals surface area contributed by atoms with Crippen LogP contribution in [-0.4, -0.2) is 11.9 Å². The van der Waals surface area contributed by atoms with Crippen LogP contribution < -0.4 is 11.1 Å². The third-order valence-corrected chi connectivity index (χ3v) is 3.28. The summed E-state index contributed by atoms with van der Waals surface area (Å²) in [4.78, 5) is 11.9. The monoisotopic (exact) mass is 268 g/mol. The Morgan fingerprint density at radius 1 is 1.44 bits per heavy atom. The normalized spacial score (nSPS) is 14.0. The molecule has 1 aromatic rings. The maximum atomic E-state index is 11.9. The van der Waals surface area contributed by atoms with Crippen LogP contribution in [0, 0.1) is 0 Å². The minimum Gasteiger partial charge on any atom is -0.348 e. The Hall–Kier alpha value is -1.06. The van der Waals surface area contributed by atoms with Gasteiger partial charge in [-0.15, -0.1) is 0 Å². The predicted molar refractivity (Wildman–Crippen MR) is 75.5 cm³/mol. The Kier molecular flexibility index (Phi) is 6.16. The van der Waals surface area contributed by atoms with Crippen molar-refractivity contribution < 1.29 is 4.79 Å². The first-order valence-electron chi connectivity index (χ1n) is 6.36. The topological polar surface area (TPSA) is 55.1 Å². The lowest BCUT2D eigenvalue weighted by Crippen LogP contribution is -2.41. The number of nitrogens with one attached hydrogen (secondary N) is 1. The molecule has 1 aromatic carbocycles. The van der Waals surface area contributed by atoms with E-state index in [2.05, 4.69) is 12.2 Å². The molecular formula is C14H21ClN2O. The number of carbonyl (C=O) groups is 1. The molecule has 3 N–H and O–H groups in total. The number of halogens is 1. The van der Waals surface area contributed by atoms with Crippen molar-refractivity contribution in [1.82, 2.24) is 5.32 Å². The van der Waals surface area contributed by atoms with Gasteiger partial charge in [0.2, 0.25) is 5.91 Å². The van der Waals surface area contributed by atoms with Gasteiger partial charge in [0.15, 0.2) is 0 Å². The van der Waals surface area contributed by atoms with Crippen molar-refractivity contribution in [2.75, 3.05) is 0 Å². The van der Waals surface area contributed by atoms with Gasteiger partial charge < -0.3 is 11.1 Å². The van der Waals surface area contributed by atoms with E-state index >= 15 is 0 Å². The number of nitrogens with two attached hydrogens (primary N) is 1. The van der Waals surface area contributed by atoms with Crippen LogP contribution >= 0.6 is 11.6 Å². The van der Waals surface area contributed by atoms with Gasteiger partial charge in [-0.05, 0) is 25.0 Å². The van der Waals surface area contributed by atoms with Crippen molar-refractivity contribution in [3.8, 4) is 0 Å². The maximum Gasteiger partial charge on any atom is 0.237 e. The first-order valence-corrected chi connectivity index (χ1v) is 6.74. The Balaban J connectivity index is 2.57. The van der Waals surface area contributed by atoms with E-state index in [9.17, 15) is 4.79 Å². The number of hydrogen-bond acceptors (Lipinski definition) is 2. The van der Waals surface area contributed by atoms with E-state index in [4.69, 9.17) is 17.3 Å². The molecule has 0 fully saturated rings. The van der Waals surface area contributed by atoms with Crippen LogP contribution in [0.2, 0.25) is 5.02 Å². The van der Waals surface area contributed by atoms with Crippen LogP contribution in [0.3, 0.4) is 0 Å². The minimum atomic E-state index is -0.435. The summed E-state index contributed by atoms with van der Waals surface area (Å²) in [5, 5.41) is 3.56. The Morgan fingerprint density at radius 3 is 2.72 bits per heavy atom. The molecule has 1 rings (SSSR count). The molecule has 0 bridgehead atoms. The maximum absolute atomic E-state index is 11.9. The molecule has 1 unspecified atom stereocenters. The molecule has 0 aromatic heterocycles. The van der Waals surface area contributed by atoms with Gasteiger partial charge in [0.1, 0.15) is 0 Å². The molecule has 4 heteroatoms. The number of unbranched alkanes of at least 4 members (excludes halogenated alkanes) is 1. The van der Waals surface area contributed by atoms with Crippen molar-refractivity contribution in [3.05, 3.63) is 34.9 Å². The molecule has 100 valence electrons.